The van der Waals surface area contributed by atoms with E-state index in [-0.39, 0.29) is 12.2 Å². The predicted octanol–water partition coefficient (Wildman–Crippen LogP) is 2.59. The molecule has 1 saturated heterocycles. The van der Waals surface area contributed by atoms with E-state index in [1.807, 2.05) is 0 Å². The quantitative estimate of drug-likeness (QED) is 0.675. The van der Waals surface area contributed by atoms with Crippen LogP contribution in [0.1, 0.15) is 51.4 Å². The van der Waals surface area contributed by atoms with E-state index >= 15 is 0 Å². The zero-order valence-corrected chi connectivity index (χ0v) is 13.9. The molecule has 128 valence electrons. The molecule has 6 fully saturated rings. The van der Waals surface area contributed by atoms with Crippen molar-refractivity contribution < 1.29 is 14.9 Å². The fourth-order valence-corrected chi connectivity index (χ4v) is 8.47. The molecule has 0 aromatic carbocycles. The number of ether oxygens (including phenoxy) is 1. The van der Waals surface area contributed by atoms with Crippen LogP contribution >= 0.6 is 0 Å². The average Bonchev–Trinajstić information content (AvgIpc) is 3.38. The van der Waals surface area contributed by atoms with Gasteiger partial charge in [-0.05, 0) is 79.4 Å². The minimum absolute atomic E-state index is 0.0508. The van der Waals surface area contributed by atoms with Crippen LogP contribution in [0, 0.1) is 47.3 Å². The molecular formula is C20H30O3. The topological polar surface area (TPSA) is 53.0 Å². The molecule has 23 heavy (non-hydrogen) atoms. The van der Waals surface area contributed by atoms with Crippen LogP contribution in [-0.2, 0) is 4.74 Å². The normalized spacial score (nSPS) is 66.0. The van der Waals surface area contributed by atoms with Gasteiger partial charge in [-0.2, -0.15) is 0 Å². The minimum Gasteiger partial charge on any atom is -0.390 e. The largest absolute Gasteiger partial charge is 0.390 e. The lowest BCUT2D eigenvalue weighted by Crippen LogP contribution is -2.60. The van der Waals surface area contributed by atoms with Crippen molar-refractivity contribution >= 4 is 0 Å². The SMILES string of the molecule is OC1C(O)C2C(CC3CCC4CCCC5CCC2C3C45)C2OC12. The van der Waals surface area contributed by atoms with Gasteiger partial charge < -0.3 is 14.9 Å². The van der Waals surface area contributed by atoms with Crippen molar-refractivity contribution in [3.05, 3.63) is 0 Å². The van der Waals surface area contributed by atoms with Gasteiger partial charge in [0, 0.05) is 0 Å². The zero-order chi connectivity index (χ0) is 15.3. The number of hydrogen-bond donors (Lipinski definition) is 2. The Morgan fingerprint density at radius 2 is 1.35 bits per heavy atom. The monoisotopic (exact) mass is 318 g/mol. The summed E-state index contributed by atoms with van der Waals surface area (Å²) >= 11 is 0. The first-order chi connectivity index (χ1) is 11.2. The molecule has 1 aliphatic heterocycles. The highest BCUT2D eigenvalue weighted by Gasteiger charge is 2.66. The van der Waals surface area contributed by atoms with Crippen molar-refractivity contribution in [1.82, 2.24) is 0 Å². The average molecular weight is 318 g/mol. The number of aliphatic hydroxyl groups is 2. The summed E-state index contributed by atoms with van der Waals surface area (Å²) in [4.78, 5) is 0. The molecule has 6 aliphatic rings. The fraction of sp³-hybridized carbons (Fsp3) is 1.00. The van der Waals surface area contributed by atoms with Crippen molar-refractivity contribution in [2.24, 2.45) is 47.3 Å². The van der Waals surface area contributed by atoms with Crippen molar-refractivity contribution in [1.29, 1.82) is 0 Å². The second-order valence-corrected chi connectivity index (χ2v) is 9.71. The van der Waals surface area contributed by atoms with Crippen molar-refractivity contribution in [2.75, 3.05) is 0 Å². The third-order valence-electron chi connectivity index (χ3n) is 9.13. The van der Waals surface area contributed by atoms with E-state index in [0.717, 1.165) is 29.6 Å². The first-order valence-corrected chi connectivity index (χ1v) is 10.3. The van der Waals surface area contributed by atoms with E-state index in [4.69, 9.17) is 4.74 Å². The summed E-state index contributed by atoms with van der Waals surface area (Å²) in [5.41, 5.74) is 0. The highest BCUT2D eigenvalue weighted by atomic mass is 16.6. The molecule has 0 spiro atoms. The third-order valence-corrected chi connectivity index (χ3v) is 9.13. The van der Waals surface area contributed by atoms with E-state index in [1.165, 1.54) is 51.4 Å². The van der Waals surface area contributed by atoms with Gasteiger partial charge >= 0.3 is 0 Å². The second-order valence-electron chi connectivity index (χ2n) is 9.71. The first-order valence-electron chi connectivity index (χ1n) is 10.3. The van der Waals surface area contributed by atoms with Gasteiger partial charge in [0.1, 0.15) is 12.2 Å². The first kappa shape index (κ1) is 14.1. The van der Waals surface area contributed by atoms with Crippen LogP contribution in [0.25, 0.3) is 0 Å². The molecule has 1 heterocycles. The molecule has 2 N–H and O–H groups in total. The molecule has 0 radical (unpaired) electrons. The van der Waals surface area contributed by atoms with E-state index in [2.05, 4.69) is 0 Å². The van der Waals surface area contributed by atoms with Crippen LogP contribution < -0.4 is 0 Å². The zero-order valence-electron chi connectivity index (χ0n) is 13.9. The minimum atomic E-state index is -0.624. The molecule has 0 aromatic rings. The summed E-state index contributed by atoms with van der Waals surface area (Å²) in [6.45, 7) is 0. The van der Waals surface area contributed by atoms with Gasteiger partial charge in [0.15, 0.2) is 0 Å². The summed E-state index contributed by atoms with van der Waals surface area (Å²) in [5.74, 6) is 6.15. The maximum absolute atomic E-state index is 10.8. The molecule has 5 saturated carbocycles. The van der Waals surface area contributed by atoms with Crippen LogP contribution in [0.4, 0.5) is 0 Å². The van der Waals surface area contributed by atoms with Gasteiger partial charge in [-0.15, -0.1) is 0 Å². The maximum atomic E-state index is 10.8. The Balaban J connectivity index is 1.38. The van der Waals surface area contributed by atoms with Crippen LogP contribution in [0.2, 0.25) is 0 Å². The summed E-state index contributed by atoms with van der Waals surface area (Å²) < 4.78 is 5.81. The van der Waals surface area contributed by atoms with Gasteiger partial charge in [0.2, 0.25) is 0 Å². The smallest absolute Gasteiger partial charge is 0.113 e. The van der Waals surface area contributed by atoms with Crippen LogP contribution in [0.5, 0.6) is 0 Å². The predicted molar refractivity (Wildman–Crippen MR) is 85.5 cm³/mol. The Bertz CT molecular complexity index is 501. The van der Waals surface area contributed by atoms with E-state index in [1.54, 1.807) is 0 Å². The van der Waals surface area contributed by atoms with Gasteiger partial charge in [-0.25, -0.2) is 0 Å². The van der Waals surface area contributed by atoms with Crippen LogP contribution in [0.3, 0.4) is 0 Å². The Labute approximate surface area is 138 Å². The third kappa shape index (κ3) is 1.77. The molecule has 6 rings (SSSR count). The summed E-state index contributed by atoms with van der Waals surface area (Å²) in [5, 5.41) is 21.3. The van der Waals surface area contributed by atoms with Crippen molar-refractivity contribution in [2.45, 2.75) is 75.8 Å². The molecule has 12 unspecified atom stereocenters. The van der Waals surface area contributed by atoms with Gasteiger partial charge in [0.25, 0.3) is 0 Å². The van der Waals surface area contributed by atoms with E-state index in [0.29, 0.717) is 17.8 Å². The lowest BCUT2D eigenvalue weighted by Gasteiger charge is -2.62. The molecular weight excluding hydrogens is 288 g/mol. The fourth-order valence-electron chi connectivity index (χ4n) is 8.47. The number of aliphatic hydroxyl groups excluding tert-OH is 2. The highest BCUT2D eigenvalue weighted by Crippen LogP contribution is 2.65. The highest BCUT2D eigenvalue weighted by molar-refractivity contribution is 5.14. The maximum Gasteiger partial charge on any atom is 0.113 e. The van der Waals surface area contributed by atoms with Crippen LogP contribution in [0.15, 0.2) is 0 Å². The number of fused-ring (bicyclic) bond motifs is 4. The Hall–Kier alpha value is -0.120. The second kappa shape index (κ2) is 4.74. The molecule has 3 nitrogen and oxygen atoms in total. The number of hydrogen-bond acceptors (Lipinski definition) is 3. The summed E-state index contributed by atoms with van der Waals surface area (Å²) in [6, 6.07) is 0. The van der Waals surface area contributed by atoms with Crippen molar-refractivity contribution in [3.63, 3.8) is 0 Å². The van der Waals surface area contributed by atoms with Crippen LogP contribution in [-0.4, -0.2) is 34.6 Å². The summed E-state index contributed by atoms with van der Waals surface area (Å²) in [7, 11) is 0. The molecule has 0 aromatic heterocycles. The van der Waals surface area contributed by atoms with Gasteiger partial charge in [-0.1, -0.05) is 19.3 Å². The Kier molecular flexibility index (Phi) is 2.90. The number of rotatable bonds is 0. The summed E-state index contributed by atoms with van der Waals surface area (Å²) in [6.07, 6.45) is 10.3. The molecule has 0 amide bonds. The molecule has 3 heteroatoms. The lowest BCUT2D eigenvalue weighted by atomic mass is 9.43. The molecule has 0 bridgehead atoms. The Morgan fingerprint density at radius 3 is 2.17 bits per heavy atom. The van der Waals surface area contributed by atoms with Crippen molar-refractivity contribution in [3.8, 4) is 0 Å². The molecule has 12 atom stereocenters. The van der Waals surface area contributed by atoms with E-state index < -0.39 is 12.2 Å². The number of epoxide rings is 1. The molecule has 5 aliphatic carbocycles. The van der Waals surface area contributed by atoms with E-state index in [9.17, 15) is 10.2 Å². The van der Waals surface area contributed by atoms with Gasteiger partial charge in [-0.3, -0.25) is 0 Å². The Morgan fingerprint density at radius 1 is 0.609 bits per heavy atom. The standard InChI is InChI=1S/C20H30O3/c21-17-16-12-7-6-10-3-1-2-9-4-5-11(15(12)14(9)10)8-13(16)19-20(23-19)18(17)22/h9-22H,1-8H2. The van der Waals surface area contributed by atoms with Gasteiger partial charge in [0.05, 0.1) is 12.2 Å². The lowest BCUT2D eigenvalue weighted by molar-refractivity contribution is -0.164.